The van der Waals surface area contributed by atoms with Crippen molar-refractivity contribution in [2.75, 3.05) is 0 Å². The van der Waals surface area contributed by atoms with E-state index in [1.165, 1.54) is 17.8 Å². The lowest BCUT2D eigenvalue weighted by Crippen LogP contribution is -2.21. The number of hydrogen-bond acceptors (Lipinski definition) is 2. The Balaban J connectivity index is 2.54. The molecule has 0 aliphatic carbocycles. The molecule has 1 aliphatic heterocycles. The lowest BCUT2D eigenvalue weighted by atomic mass is 9.82. The largest absolute Gasteiger partial charge is 0.393 e. The average molecular weight is 300 g/mol. The standard InChI is InChI=1S/C12H11BrFNS/c1-12(4-5-16-11(15)7-12)9-6-8(13)2-3-10(9)14/h2-7H,15H2,1H3/t12-/m1/s1. The highest BCUT2D eigenvalue weighted by Gasteiger charge is 2.27. The second-order valence-electron chi connectivity index (χ2n) is 3.87. The van der Waals surface area contributed by atoms with E-state index in [-0.39, 0.29) is 5.82 Å². The van der Waals surface area contributed by atoms with Crippen molar-refractivity contribution in [2.24, 2.45) is 5.73 Å². The van der Waals surface area contributed by atoms with Crippen LogP contribution in [0.2, 0.25) is 0 Å². The molecular weight excluding hydrogens is 289 g/mol. The lowest BCUT2D eigenvalue weighted by molar-refractivity contribution is 0.580. The van der Waals surface area contributed by atoms with Crippen molar-refractivity contribution in [1.82, 2.24) is 0 Å². The van der Waals surface area contributed by atoms with Gasteiger partial charge in [-0.3, -0.25) is 0 Å². The molecule has 84 valence electrons. The summed E-state index contributed by atoms with van der Waals surface area (Å²) in [4.78, 5) is 0. The van der Waals surface area contributed by atoms with Crippen LogP contribution in [0.4, 0.5) is 4.39 Å². The Morgan fingerprint density at radius 1 is 1.44 bits per heavy atom. The van der Waals surface area contributed by atoms with E-state index < -0.39 is 5.41 Å². The number of benzene rings is 1. The highest BCUT2D eigenvalue weighted by Crippen LogP contribution is 2.37. The second-order valence-corrected chi connectivity index (χ2v) is 5.77. The first-order valence-corrected chi connectivity index (χ1v) is 6.47. The van der Waals surface area contributed by atoms with Crippen molar-refractivity contribution in [3.05, 3.63) is 56.6 Å². The third-order valence-electron chi connectivity index (χ3n) is 2.57. The molecule has 0 saturated carbocycles. The molecule has 0 unspecified atom stereocenters. The van der Waals surface area contributed by atoms with Crippen LogP contribution in [0, 0.1) is 5.82 Å². The zero-order valence-corrected chi connectivity index (χ0v) is 11.1. The highest BCUT2D eigenvalue weighted by molar-refractivity contribution is 9.10. The minimum atomic E-state index is -0.469. The van der Waals surface area contributed by atoms with Gasteiger partial charge in [-0.25, -0.2) is 4.39 Å². The summed E-state index contributed by atoms with van der Waals surface area (Å²) in [5, 5.41) is 2.60. The molecule has 1 aliphatic rings. The Bertz CT molecular complexity index is 484. The molecule has 0 fully saturated rings. The van der Waals surface area contributed by atoms with Crippen molar-refractivity contribution in [2.45, 2.75) is 12.3 Å². The fraction of sp³-hybridized carbons (Fsp3) is 0.167. The first kappa shape index (κ1) is 11.7. The number of thioether (sulfide) groups is 1. The third kappa shape index (κ3) is 2.18. The van der Waals surface area contributed by atoms with Crippen LogP contribution in [-0.2, 0) is 5.41 Å². The molecule has 0 saturated heterocycles. The summed E-state index contributed by atoms with van der Waals surface area (Å²) in [6, 6.07) is 4.94. The van der Waals surface area contributed by atoms with Gasteiger partial charge in [-0.05, 0) is 36.6 Å². The fourth-order valence-corrected chi connectivity index (χ4v) is 2.89. The van der Waals surface area contributed by atoms with Gasteiger partial charge in [0.2, 0.25) is 0 Å². The van der Waals surface area contributed by atoms with E-state index in [2.05, 4.69) is 15.9 Å². The number of halogens is 2. The van der Waals surface area contributed by atoms with Gasteiger partial charge in [-0.1, -0.05) is 33.8 Å². The van der Waals surface area contributed by atoms with Crippen LogP contribution in [0.15, 0.2) is 45.3 Å². The zero-order valence-electron chi connectivity index (χ0n) is 8.71. The Morgan fingerprint density at radius 3 is 2.88 bits per heavy atom. The van der Waals surface area contributed by atoms with Gasteiger partial charge in [-0.2, -0.15) is 0 Å². The van der Waals surface area contributed by atoms with E-state index in [9.17, 15) is 4.39 Å². The summed E-state index contributed by atoms with van der Waals surface area (Å²) in [6.07, 6.45) is 3.83. The van der Waals surface area contributed by atoms with Gasteiger partial charge in [0, 0.05) is 15.5 Å². The van der Waals surface area contributed by atoms with E-state index >= 15 is 0 Å². The van der Waals surface area contributed by atoms with Crippen molar-refractivity contribution in [1.29, 1.82) is 0 Å². The van der Waals surface area contributed by atoms with Crippen molar-refractivity contribution < 1.29 is 4.39 Å². The molecule has 16 heavy (non-hydrogen) atoms. The number of nitrogens with two attached hydrogens (primary N) is 1. The van der Waals surface area contributed by atoms with Gasteiger partial charge in [0.05, 0.1) is 5.03 Å². The molecule has 1 heterocycles. The van der Waals surface area contributed by atoms with Crippen LogP contribution in [0.1, 0.15) is 12.5 Å². The molecule has 2 N–H and O–H groups in total. The minimum Gasteiger partial charge on any atom is -0.393 e. The molecule has 2 rings (SSSR count). The van der Waals surface area contributed by atoms with Crippen LogP contribution in [-0.4, -0.2) is 0 Å². The summed E-state index contributed by atoms with van der Waals surface area (Å²) in [6.45, 7) is 1.95. The van der Waals surface area contributed by atoms with Gasteiger partial charge >= 0.3 is 0 Å². The first-order valence-electron chi connectivity index (χ1n) is 4.79. The Morgan fingerprint density at radius 2 is 2.19 bits per heavy atom. The predicted octanol–water partition coefficient (Wildman–Crippen LogP) is 3.91. The summed E-state index contributed by atoms with van der Waals surface area (Å²) in [5.74, 6) is -0.216. The summed E-state index contributed by atoms with van der Waals surface area (Å²) >= 11 is 4.80. The van der Waals surface area contributed by atoms with Gasteiger partial charge in [0.25, 0.3) is 0 Å². The molecule has 1 atom stereocenters. The fourth-order valence-electron chi connectivity index (χ4n) is 1.71. The maximum Gasteiger partial charge on any atom is 0.127 e. The monoisotopic (exact) mass is 299 g/mol. The van der Waals surface area contributed by atoms with E-state index in [4.69, 9.17) is 5.73 Å². The van der Waals surface area contributed by atoms with Crippen LogP contribution in [0.5, 0.6) is 0 Å². The molecule has 0 aromatic heterocycles. The van der Waals surface area contributed by atoms with E-state index in [1.54, 1.807) is 12.1 Å². The number of allylic oxidation sites excluding steroid dienone is 2. The lowest BCUT2D eigenvalue weighted by Gasteiger charge is -2.26. The highest BCUT2D eigenvalue weighted by atomic mass is 79.9. The SMILES string of the molecule is C[C@@]1(c2cc(Br)ccc2F)C=CSC(N)=C1. The van der Waals surface area contributed by atoms with Gasteiger partial charge in [-0.15, -0.1) is 0 Å². The Hall–Kier alpha value is -0.740. The van der Waals surface area contributed by atoms with E-state index in [1.807, 2.05) is 24.5 Å². The maximum absolute atomic E-state index is 13.8. The molecule has 0 radical (unpaired) electrons. The Labute approximate surface area is 107 Å². The molecule has 1 aromatic carbocycles. The van der Waals surface area contributed by atoms with Crippen LogP contribution >= 0.6 is 27.7 Å². The quantitative estimate of drug-likeness (QED) is 0.851. The minimum absolute atomic E-state index is 0.216. The van der Waals surface area contributed by atoms with Gasteiger partial charge < -0.3 is 5.73 Å². The molecule has 1 nitrogen and oxygen atoms in total. The maximum atomic E-state index is 13.8. The average Bonchev–Trinajstić information content (AvgIpc) is 2.21. The number of hydrogen-bond donors (Lipinski definition) is 1. The smallest absolute Gasteiger partial charge is 0.127 e. The summed E-state index contributed by atoms with van der Waals surface area (Å²) in [5.41, 5.74) is 5.93. The summed E-state index contributed by atoms with van der Waals surface area (Å²) < 4.78 is 14.7. The van der Waals surface area contributed by atoms with Crippen molar-refractivity contribution in [3.8, 4) is 0 Å². The molecule has 0 spiro atoms. The van der Waals surface area contributed by atoms with E-state index in [0.717, 1.165) is 4.47 Å². The first-order chi connectivity index (χ1) is 7.51. The Kier molecular flexibility index (Phi) is 3.13. The summed E-state index contributed by atoms with van der Waals surface area (Å²) in [7, 11) is 0. The third-order valence-corrected chi connectivity index (χ3v) is 3.72. The van der Waals surface area contributed by atoms with Gasteiger partial charge in [0.15, 0.2) is 0 Å². The van der Waals surface area contributed by atoms with Crippen molar-refractivity contribution in [3.63, 3.8) is 0 Å². The molecule has 1 aromatic rings. The molecular formula is C12H11BrFNS. The van der Waals surface area contributed by atoms with Crippen LogP contribution < -0.4 is 5.73 Å². The van der Waals surface area contributed by atoms with Crippen LogP contribution in [0.25, 0.3) is 0 Å². The second kappa shape index (κ2) is 4.26. The van der Waals surface area contributed by atoms with Crippen molar-refractivity contribution >= 4 is 27.7 Å². The molecule has 0 amide bonds. The molecule has 0 bridgehead atoms. The van der Waals surface area contributed by atoms with E-state index in [0.29, 0.717) is 10.6 Å². The number of rotatable bonds is 1. The topological polar surface area (TPSA) is 26.0 Å². The predicted molar refractivity (Wildman–Crippen MR) is 70.5 cm³/mol. The molecule has 4 heteroatoms. The zero-order chi connectivity index (χ0) is 11.8. The van der Waals surface area contributed by atoms with Crippen LogP contribution in [0.3, 0.4) is 0 Å². The van der Waals surface area contributed by atoms with Gasteiger partial charge in [0.1, 0.15) is 5.82 Å². The normalized spacial score (nSPS) is 24.3.